The summed E-state index contributed by atoms with van der Waals surface area (Å²) in [4.78, 5) is 0. The van der Waals surface area contributed by atoms with Gasteiger partial charge in [0.1, 0.15) is 7.85 Å². The van der Waals surface area contributed by atoms with Gasteiger partial charge < -0.3 is 9.47 Å². The summed E-state index contributed by atoms with van der Waals surface area (Å²) in [5.41, 5.74) is 0. The van der Waals surface area contributed by atoms with Crippen LogP contribution >= 0.6 is 0 Å². The summed E-state index contributed by atoms with van der Waals surface area (Å²) in [6, 6.07) is 0. The third-order valence-electron chi connectivity index (χ3n) is 0.773. The molecule has 0 amide bonds. The molecule has 2 nitrogen and oxygen atoms in total. The third-order valence-corrected chi connectivity index (χ3v) is 0.773. The summed E-state index contributed by atoms with van der Waals surface area (Å²) in [5.74, 6) is 0.590. The lowest BCUT2D eigenvalue weighted by atomic mass is 10.1. The Morgan fingerprint density at radius 2 is 2.00 bits per heavy atom. The molecule has 0 rings (SSSR count). The van der Waals surface area contributed by atoms with E-state index in [2.05, 4.69) is 0 Å². The van der Waals surface area contributed by atoms with Crippen LogP contribution < -0.4 is 0 Å². The fraction of sp³-hybridized carbons (Fsp3) is 0.600. The molecular weight excluding hydrogens is 103 g/mol. The third kappa shape index (κ3) is 2.56. The van der Waals surface area contributed by atoms with Gasteiger partial charge in [0.2, 0.25) is 0 Å². The number of hydrogen-bond donors (Lipinski definition) is 0. The Balaban J connectivity index is 3.49. The molecule has 0 N–H and O–H groups in total. The molecule has 0 aliphatic heterocycles. The van der Waals surface area contributed by atoms with Crippen LogP contribution in [0.3, 0.4) is 0 Å². The lowest BCUT2D eigenvalue weighted by molar-refractivity contribution is 0.0948. The van der Waals surface area contributed by atoms with Gasteiger partial charge >= 0.3 is 0 Å². The van der Waals surface area contributed by atoms with Gasteiger partial charge in [-0.2, -0.15) is 0 Å². The van der Waals surface area contributed by atoms with Crippen LogP contribution in [0.1, 0.15) is 0 Å². The topological polar surface area (TPSA) is 18.5 Å². The van der Waals surface area contributed by atoms with E-state index in [1.54, 1.807) is 14.2 Å². The minimum atomic E-state index is 0.590. The molecule has 0 saturated heterocycles. The van der Waals surface area contributed by atoms with Crippen molar-refractivity contribution >= 4 is 7.85 Å². The number of ether oxygens (including phenoxy) is 2. The van der Waals surface area contributed by atoms with E-state index >= 15 is 0 Å². The molecule has 0 heterocycles. The quantitative estimate of drug-likeness (QED) is 0.384. The van der Waals surface area contributed by atoms with Gasteiger partial charge in [0.15, 0.2) is 0 Å². The molecule has 0 spiro atoms. The zero-order chi connectivity index (χ0) is 6.41. The van der Waals surface area contributed by atoms with Crippen molar-refractivity contribution in [3.05, 3.63) is 12.0 Å². The maximum Gasteiger partial charge on any atom is 0.273 e. The molecular formula is C5H11BO2. The average molecular weight is 114 g/mol. The van der Waals surface area contributed by atoms with Crippen LogP contribution in [0.5, 0.6) is 0 Å². The van der Waals surface area contributed by atoms with Crippen LogP contribution in [0.4, 0.5) is 0 Å². The summed E-state index contributed by atoms with van der Waals surface area (Å²) >= 11 is 0. The minimum Gasteiger partial charge on any atom is -0.469 e. The van der Waals surface area contributed by atoms with E-state index in [0.29, 0.717) is 5.95 Å². The number of methoxy groups -OCH3 is 2. The molecule has 3 heteroatoms. The SMILES string of the molecule is BCC=C(OC)OC. The van der Waals surface area contributed by atoms with Gasteiger partial charge in [0.05, 0.1) is 14.2 Å². The molecule has 46 valence electrons. The van der Waals surface area contributed by atoms with Gasteiger partial charge in [0, 0.05) is 0 Å². The van der Waals surface area contributed by atoms with Crippen molar-refractivity contribution in [2.75, 3.05) is 14.2 Å². The van der Waals surface area contributed by atoms with Crippen LogP contribution in [0, 0.1) is 0 Å². The predicted octanol–water partition coefficient (Wildman–Crippen LogP) is 0.172. The molecule has 0 aliphatic carbocycles. The zero-order valence-corrected chi connectivity index (χ0v) is 5.60. The highest BCUT2D eigenvalue weighted by Gasteiger charge is 1.86. The molecule has 0 aromatic carbocycles. The van der Waals surface area contributed by atoms with Crippen LogP contribution in [-0.4, -0.2) is 22.1 Å². The molecule has 0 aromatic rings. The van der Waals surface area contributed by atoms with Gasteiger partial charge in [-0.25, -0.2) is 0 Å². The monoisotopic (exact) mass is 114 g/mol. The molecule has 0 unspecified atom stereocenters. The maximum atomic E-state index is 4.78. The second-order valence-electron chi connectivity index (χ2n) is 1.34. The van der Waals surface area contributed by atoms with Crippen molar-refractivity contribution in [1.82, 2.24) is 0 Å². The van der Waals surface area contributed by atoms with Gasteiger partial charge in [-0.3, -0.25) is 0 Å². The second kappa shape index (κ2) is 4.56. The lowest BCUT2D eigenvalue weighted by Crippen LogP contribution is -1.87. The van der Waals surface area contributed by atoms with Crippen molar-refractivity contribution < 1.29 is 9.47 Å². The van der Waals surface area contributed by atoms with Gasteiger partial charge in [-0.05, 0) is 6.08 Å². The Labute approximate surface area is 50.9 Å². The number of hydrogen-bond acceptors (Lipinski definition) is 2. The lowest BCUT2D eigenvalue weighted by Gasteiger charge is -2.00. The zero-order valence-electron chi connectivity index (χ0n) is 5.60. The van der Waals surface area contributed by atoms with E-state index in [1.165, 1.54) is 0 Å². The molecule has 0 aliphatic rings. The van der Waals surface area contributed by atoms with Gasteiger partial charge in [-0.15, -0.1) is 0 Å². The van der Waals surface area contributed by atoms with Crippen LogP contribution in [0.25, 0.3) is 0 Å². The van der Waals surface area contributed by atoms with Gasteiger partial charge in [0.25, 0.3) is 5.95 Å². The van der Waals surface area contributed by atoms with Crippen LogP contribution in [0.2, 0.25) is 6.32 Å². The Bertz CT molecular complexity index is 74.5. The Morgan fingerprint density at radius 1 is 1.50 bits per heavy atom. The normalized spacial score (nSPS) is 7.75. The van der Waals surface area contributed by atoms with E-state index in [9.17, 15) is 0 Å². The minimum absolute atomic E-state index is 0.590. The predicted molar refractivity (Wildman–Crippen MR) is 35.5 cm³/mol. The molecule has 0 fully saturated rings. The summed E-state index contributed by atoms with van der Waals surface area (Å²) < 4.78 is 9.56. The highest BCUT2D eigenvalue weighted by atomic mass is 16.7. The summed E-state index contributed by atoms with van der Waals surface area (Å²) in [6.07, 6.45) is 2.82. The van der Waals surface area contributed by atoms with E-state index in [1.807, 2.05) is 13.9 Å². The maximum absolute atomic E-state index is 4.78. The number of allylic oxidation sites excluding steroid dienone is 1. The smallest absolute Gasteiger partial charge is 0.273 e. The Morgan fingerprint density at radius 3 is 2.12 bits per heavy atom. The molecule has 0 atom stereocenters. The van der Waals surface area contributed by atoms with E-state index < -0.39 is 0 Å². The van der Waals surface area contributed by atoms with E-state index in [4.69, 9.17) is 9.47 Å². The van der Waals surface area contributed by atoms with Crippen molar-refractivity contribution in [3.8, 4) is 0 Å². The van der Waals surface area contributed by atoms with Crippen molar-refractivity contribution in [2.45, 2.75) is 6.32 Å². The summed E-state index contributed by atoms with van der Waals surface area (Å²) in [7, 11) is 5.20. The fourth-order valence-corrected chi connectivity index (χ4v) is 0.417. The van der Waals surface area contributed by atoms with Crippen molar-refractivity contribution in [2.24, 2.45) is 0 Å². The first-order chi connectivity index (χ1) is 3.85. The number of rotatable bonds is 3. The summed E-state index contributed by atoms with van der Waals surface area (Å²) in [6.45, 7) is 0. The first-order valence-electron chi connectivity index (χ1n) is 2.63. The second-order valence-corrected chi connectivity index (χ2v) is 1.34. The largest absolute Gasteiger partial charge is 0.469 e. The van der Waals surface area contributed by atoms with Crippen molar-refractivity contribution in [3.63, 3.8) is 0 Å². The molecule has 0 radical (unpaired) electrons. The first kappa shape index (κ1) is 7.40. The Kier molecular flexibility index (Phi) is 4.22. The molecule has 0 saturated carbocycles. The summed E-state index contributed by atoms with van der Waals surface area (Å²) in [5, 5.41) is 0. The fourth-order valence-electron chi connectivity index (χ4n) is 0.417. The highest BCUT2D eigenvalue weighted by molar-refractivity contribution is 6.09. The van der Waals surface area contributed by atoms with Gasteiger partial charge in [-0.1, -0.05) is 6.32 Å². The van der Waals surface area contributed by atoms with Crippen LogP contribution in [-0.2, 0) is 9.47 Å². The van der Waals surface area contributed by atoms with E-state index in [0.717, 1.165) is 6.32 Å². The molecule has 0 aromatic heterocycles. The van der Waals surface area contributed by atoms with Crippen LogP contribution in [0.15, 0.2) is 12.0 Å². The average Bonchev–Trinajstić information content (AvgIpc) is 1.83. The standard InChI is InChI=1S/C5H11BO2/c1-7-5(8-2)3-4-6/h3H,4,6H2,1-2H3. The molecule has 0 bridgehead atoms. The molecule has 8 heavy (non-hydrogen) atoms. The first-order valence-corrected chi connectivity index (χ1v) is 2.63. The Hall–Kier alpha value is -0.595. The van der Waals surface area contributed by atoms with E-state index in [-0.39, 0.29) is 0 Å². The highest BCUT2D eigenvalue weighted by Crippen LogP contribution is 1.95. The van der Waals surface area contributed by atoms with Crippen molar-refractivity contribution in [1.29, 1.82) is 0 Å².